The summed E-state index contributed by atoms with van der Waals surface area (Å²) in [5.74, 6) is 0. The number of hydrogen-bond acceptors (Lipinski definition) is 3. The van der Waals surface area contributed by atoms with Crippen molar-refractivity contribution in [3.63, 3.8) is 0 Å². The van der Waals surface area contributed by atoms with Crippen molar-refractivity contribution in [2.24, 2.45) is 7.05 Å². The van der Waals surface area contributed by atoms with Gasteiger partial charge in [-0.2, -0.15) is 5.10 Å². The molecule has 0 radical (unpaired) electrons. The van der Waals surface area contributed by atoms with Crippen LogP contribution in [-0.4, -0.2) is 15.8 Å². The van der Waals surface area contributed by atoms with Gasteiger partial charge >= 0.3 is 6.03 Å². The number of halogens is 1. The largest absolute Gasteiger partial charge is 0.336 e. The fourth-order valence-electron chi connectivity index (χ4n) is 2.03. The van der Waals surface area contributed by atoms with Crippen LogP contribution in [-0.2, 0) is 7.05 Å². The van der Waals surface area contributed by atoms with Gasteiger partial charge in [-0.1, -0.05) is 30.5 Å². The molecule has 1 aromatic heterocycles. The fourth-order valence-corrected chi connectivity index (χ4v) is 2.47. The molecule has 0 fully saturated rings. The molecule has 21 heavy (non-hydrogen) atoms. The summed E-state index contributed by atoms with van der Waals surface area (Å²) in [6.45, 7) is 5.63. The van der Waals surface area contributed by atoms with Crippen LogP contribution in [0.15, 0.2) is 18.2 Å². The van der Waals surface area contributed by atoms with Gasteiger partial charge in [0.1, 0.15) is 0 Å². The third-order valence-corrected chi connectivity index (χ3v) is 3.96. The summed E-state index contributed by atoms with van der Waals surface area (Å²) in [5.41, 5.74) is 3.88. The Labute approximate surface area is 134 Å². The van der Waals surface area contributed by atoms with Gasteiger partial charge in [-0.05, 0) is 38.5 Å². The average molecular weight is 325 g/mol. The van der Waals surface area contributed by atoms with E-state index in [0.29, 0.717) is 16.4 Å². The number of rotatable bonds is 2. The zero-order valence-corrected chi connectivity index (χ0v) is 14.0. The molecule has 0 aliphatic rings. The maximum atomic E-state index is 12.3. The fraction of sp³-hybridized carbons (Fsp3) is 0.286. The number of nitrogens with zero attached hydrogens (tertiary/aromatic N) is 3. The summed E-state index contributed by atoms with van der Waals surface area (Å²) < 4.78 is 2.96. The van der Waals surface area contributed by atoms with Crippen LogP contribution in [0.2, 0.25) is 5.02 Å². The van der Waals surface area contributed by atoms with Gasteiger partial charge in [0.05, 0.1) is 22.8 Å². The molecule has 7 heteroatoms. The van der Waals surface area contributed by atoms with E-state index in [2.05, 4.69) is 23.2 Å². The minimum absolute atomic E-state index is 0.358. The van der Waals surface area contributed by atoms with Gasteiger partial charge in [-0.3, -0.25) is 4.68 Å². The van der Waals surface area contributed by atoms with E-state index in [-0.39, 0.29) is 6.03 Å². The van der Waals surface area contributed by atoms with Crippen LogP contribution in [0, 0.1) is 20.8 Å². The Kier molecular flexibility index (Phi) is 4.49. The molecule has 2 amide bonds. The minimum Gasteiger partial charge on any atom is -0.303 e. The number of anilines is 2. The minimum atomic E-state index is -0.358. The molecule has 5 nitrogen and oxygen atoms in total. The van der Waals surface area contributed by atoms with E-state index in [1.807, 2.05) is 33.9 Å². The Hall–Kier alpha value is -1.66. The third kappa shape index (κ3) is 3.16. The maximum Gasteiger partial charge on any atom is 0.336 e. The Balaban J connectivity index is 2.26. The van der Waals surface area contributed by atoms with Crippen molar-refractivity contribution in [2.45, 2.75) is 20.8 Å². The van der Waals surface area contributed by atoms with E-state index in [4.69, 9.17) is 11.6 Å². The highest BCUT2D eigenvalue weighted by Gasteiger charge is 2.18. The van der Waals surface area contributed by atoms with Crippen LogP contribution in [0.1, 0.15) is 17.0 Å². The lowest BCUT2D eigenvalue weighted by Crippen LogP contribution is -2.27. The standard InChI is InChI=1S/C14H17ClN4OS/c1-8-5-6-11(15)7-12(8)19(21)14(20)16-13-9(2)17-18(4)10(13)3/h5-7,21H,1-4H3,(H,16,20). The normalized spacial score (nSPS) is 10.6. The number of nitrogens with one attached hydrogen (secondary N) is 1. The molecule has 0 aliphatic heterocycles. The quantitative estimate of drug-likeness (QED) is 0.824. The highest BCUT2D eigenvalue weighted by Crippen LogP contribution is 2.27. The van der Waals surface area contributed by atoms with E-state index >= 15 is 0 Å². The van der Waals surface area contributed by atoms with Crippen molar-refractivity contribution in [1.29, 1.82) is 0 Å². The van der Waals surface area contributed by atoms with Crippen molar-refractivity contribution in [3.8, 4) is 0 Å². The summed E-state index contributed by atoms with van der Waals surface area (Å²) in [6.07, 6.45) is 0. The summed E-state index contributed by atoms with van der Waals surface area (Å²) in [6, 6.07) is 4.96. The van der Waals surface area contributed by atoms with Gasteiger partial charge in [-0.25, -0.2) is 9.10 Å². The summed E-state index contributed by atoms with van der Waals surface area (Å²) in [5, 5.41) is 7.65. The van der Waals surface area contributed by atoms with E-state index in [0.717, 1.165) is 17.0 Å². The molecule has 0 saturated carbocycles. The number of hydrogen-bond donors (Lipinski definition) is 2. The zero-order valence-electron chi connectivity index (χ0n) is 12.3. The second-order valence-electron chi connectivity index (χ2n) is 4.84. The van der Waals surface area contributed by atoms with Gasteiger partial charge < -0.3 is 5.32 Å². The van der Waals surface area contributed by atoms with Crippen molar-refractivity contribution < 1.29 is 4.79 Å². The van der Waals surface area contributed by atoms with Crippen LogP contribution in [0.25, 0.3) is 0 Å². The van der Waals surface area contributed by atoms with Gasteiger partial charge in [0.2, 0.25) is 0 Å². The van der Waals surface area contributed by atoms with Gasteiger partial charge in [-0.15, -0.1) is 0 Å². The van der Waals surface area contributed by atoms with Crippen LogP contribution in [0.5, 0.6) is 0 Å². The zero-order chi connectivity index (χ0) is 15.7. The summed E-state index contributed by atoms with van der Waals surface area (Å²) in [4.78, 5) is 12.3. The molecule has 1 heterocycles. The lowest BCUT2D eigenvalue weighted by molar-refractivity contribution is 0.260. The smallest absolute Gasteiger partial charge is 0.303 e. The van der Waals surface area contributed by atoms with Crippen molar-refractivity contribution >= 4 is 41.8 Å². The Morgan fingerprint density at radius 1 is 1.38 bits per heavy atom. The molecule has 2 rings (SSSR count). The Morgan fingerprint density at radius 2 is 2.05 bits per heavy atom. The van der Waals surface area contributed by atoms with Crippen molar-refractivity contribution in [1.82, 2.24) is 9.78 Å². The van der Waals surface area contributed by atoms with E-state index in [1.54, 1.807) is 16.8 Å². The number of urea groups is 1. The van der Waals surface area contributed by atoms with E-state index < -0.39 is 0 Å². The molecule has 0 aliphatic carbocycles. The first-order valence-electron chi connectivity index (χ1n) is 6.37. The van der Waals surface area contributed by atoms with Crippen LogP contribution < -0.4 is 9.62 Å². The highest BCUT2D eigenvalue weighted by molar-refractivity contribution is 7.82. The second kappa shape index (κ2) is 5.99. The SMILES string of the molecule is Cc1ccc(Cl)cc1N(S)C(=O)Nc1c(C)nn(C)c1C. The first-order valence-corrected chi connectivity index (χ1v) is 7.15. The monoisotopic (exact) mass is 324 g/mol. The molecule has 1 aromatic carbocycles. The van der Waals surface area contributed by atoms with E-state index in [9.17, 15) is 4.79 Å². The molecular formula is C14H17ClN4OS. The molecule has 0 bridgehead atoms. The Morgan fingerprint density at radius 3 is 2.62 bits per heavy atom. The van der Waals surface area contributed by atoms with Crippen molar-refractivity contribution in [3.05, 3.63) is 40.2 Å². The number of thiol groups is 1. The Bertz CT molecular complexity index is 699. The topological polar surface area (TPSA) is 50.2 Å². The molecular weight excluding hydrogens is 308 g/mol. The number of aryl methyl sites for hydroxylation is 3. The average Bonchev–Trinajstić information content (AvgIpc) is 2.67. The second-order valence-corrected chi connectivity index (χ2v) is 5.68. The van der Waals surface area contributed by atoms with Gasteiger partial charge in [0.15, 0.2) is 0 Å². The molecule has 1 N–H and O–H groups in total. The van der Waals surface area contributed by atoms with Crippen molar-refractivity contribution in [2.75, 3.05) is 9.62 Å². The van der Waals surface area contributed by atoms with Gasteiger partial charge in [0.25, 0.3) is 0 Å². The predicted molar refractivity (Wildman–Crippen MR) is 89.4 cm³/mol. The van der Waals surface area contributed by atoms with Gasteiger partial charge in [0, 0.05) is 12.1 Å². The summed E-state index contributed by atoms with van der Waals surface area (Å²) in [7, 11) is 1.83. The highest BCUT2D eigenvalue weighted by atomic mass is 35.5. The number of carbonyl (C=O) groups excluding carboxylic acids is 1. The lowest BCUT2D eigenvalue weighted by Gasteiger charge is -2.19. The molecule has 112 valence electrons. The lowest BCUT2D eigenvalue weighted by atomic mass is 10.2. The molecule has 0 spiro atoms. The first kappa shape index (κ1) is 15.7. The number of aromatic nitrogens is 2. The number of carbonyl (C=O) groups is 1. The summed E-state index contributed by atoms with van der Waals surface area (Å²) >= 11 is 10.2. The first-order chi connectivity index (χ1) is 9.81. The number of benzene rings is 1. The predicted octanol–water partition coefficient (Wildman–Crippen LogP) is 3.88. The number of amides is 2. The molecule has 0 atom stereocenters. The molecule has 0 saturated heterocycles. The van der Waals surface area contributed by atoms with Crippen LogP contribution in [0.4, 0.5) is 16.2 Å². The van der Waals surface area contributed by atoms with E-state index in [1.165, 1.54) is 4.31 Å². The molecule has 2 aromatic rings. The third-order valence-electron chi connectivity index (χ3n) is 3.33. The molecule has 0 unspecified atom stereocenters. The van der Waals surface area contributed by atoms with Crippen LogP contribution in [0.3, 0.4) is 0 Å². The van der Waals surface area contributed by atoms with Crippen LogP contribution >= 0.6 is 24.4 Å². The maximum absolute atomic E-state index is 12.3.